The maximum Gasteiger partial charge on any atom is 0.248 e. The highest BCUT2D eigenvalue weighted by Crippen LogP contribution is 2.51. The molecule has 0 radical (unpaired) electrons. The van der Waals surface area contributed by atoms with Crippen molar-refractivity contribution in [3.05, 3.63) is 35.9 Å². The summed E-state index contributed by atoms with van der Waals surface area (Å²) in [5.74, 6) is -1.04. The van der Waals surface area contributed by atoms with Gasteiger partial charge in [0.05, 0.1) is 18.6 Å². The number of benzene rings is 1. The fraction of sp³-hybridized carbons (Fsp3) is 0.640. The first-order chi connectivity index (χ1) is 15.4. The van der Waals surface area contributed by atoms with E-state index in [2.05, 4.69) is 5.32 Å². The number of nitrogens with zero attached hydrogens (tertiary/aromatic N) is 2. The third-order valence-corrected chi connectivity index (χ3v) is 7.30. The number of hydrogen-bond acceptors (Lipinski definition) is 4. The Morgan fingerprint density at radius 1 is 1.19 bits per heavy atom. The zero-order valence-corrected chi connectivity index (χ0v) is 19.5. The van der Waals surface area contributed by atoms with Gasteiger partial charge in [0.2, 0.25) is 17.7 Å². The lowest BCUT2D eigenvalue weighted by molar-refractivity contribution is -0.156. The topological polar surface area (TPSA) is 90.0 Å². The van der Waals surface area contributed by atoms with Crippen molar-refractivity contribution >= 4 is 17.7 Å². The summed E-state index contributed by atoms with van der Waals surface area (Å²) in [4.78, 5) is 44.6. The molecule has 7 nitrogen and oxygen atoms in total. The van der Waals surface area contributed by atoms with E-state index in [-0.39, 0.29) is 36.8 Å². The molecular weight excluding hydrogens is 406 g/mol. The molecule has 0 aromatic heterocycles. The first-order valence-corrected chi connectivity index (χ1v) is 11.9. The normalized spacial score (nSPS) is 26.0. The molecule has 2 saturated heterocycles. The average molecular weight is 444 g/mol. The predicted octanol–water partition coefficient (Wildman–Crippen LogP) is 2.50. The lowest BCUT2D eigenvalue weighted by atomic mass is 9.84. The van der Waals surface area contributed by atoms with Crippen molar-refractivity contribution in [3.63, 3.8) is 0 Å². The Labute approximate surface area is 191 Å². The molecule has 1 aromatic rings. The third kappa shape index (κ3) is 4.27. The van der Waals surface area contributed by atoms with Gasteiger partial charge < -0.3 is 20.2 Å². The van der Waals surface area contributed by atoms with Crippen molar-refractivity contribution in [2.24, 2.45) is 11.8 Å². The fourth-order valence-corrected chi connectivity index (χ4v) is 5.63. The van der Waals surface area contributed by atoms with Crippen molar-refractivity contribution in [2.45, 2.75) is 64.0 Å². The molecule has 0 saturated carbocycles. The Morgan fingerprint density at radius 2 is 1.88 bits per heavy atom. The average Bonchev–Trinajstić information content (AvgIpc) is 3.09. The minimum absolute atomic E-state index is 0.0468. The Balaban J connectivity index is 2.20. The van der Waals surface area contributed by atoms with E-state index in [0.29, 0.717) is 32.2 Å². The highest BCUT2D eigenvalue weighted by Gasteiger charge is 2.61. The summed E-state index contributed by atoms with van der Waals surface area (Å²) >= 11 is 0. The van der Waals surface area contributed by atoms with E-state index >= 15 is 0 Å². The number of rotatable bonds is 7. The molecule has 176 valence electrons. The summed E-state index contributed by atoms with van der Waals surface area (Å²) in [6, 6.07) is 9.12. The van der Waals surface area contributed by atoms with Gasteiger partial charge in [0, 0.05) is 26.1 Å². The van der Waals surface area contributed by atoms with Crippen LogP contribution in [0.4, 0.5) is 0 Å². The van der Waals surface area contributed by atoms with Crippen LogP contribution in [0, 0.1) is 11.8 Å². The molecule has 0 aliphatic carbocycles. The van der Waals surface area contributed by atoms with Crippen molar-refractivity contribution in [3.8, 4) is 0 Å². The highest BCUT2D eigenvalue weighted by molar-refractivity contribution is 5.95. The lowest BCUT2D eigenvalue weighted by Gasteiger charge is -2.43. The van der Waals surface area contributed by atoms with Gasteiger partial charge >= 0.3 is 0 Å². The molecule has 1 spiro atoms. The number of amides is 3. The van der Waals surface area contributed by atoms with Gasteiger partial charge in [-0.15, -0.1) is 0 Å². The van der Waals surface area contributed by atoms with Gasteiger partial charge in [0.25, 0.3) is 0 Å². The molecule has 1 aromatic carbocycles. The smallest absolute Gasteiger partial charge is 0.248 e. The summed E-state index contributed by atoms with van der Waals surface area (Å²) in [6.07, 6.45) is 3.82. The highest BCUT2D eigenvalue weighted by atomic mass is 16.3. The van der Waals surface area contributed by atoms with Gasteiger partial charge in [0.1, 0.15) is 5.54 Å². The van der Waals surface area contributed by atoms with Crippen LogP contribution in [0.15, 0.2) is 30.3 Å². The molecule has 32 heavy (non-hydrogen) atoms. The summed E-state index contributed by atoms with van der Waals surface area (Å²) in [5, 5.41) is 12.3. The molecule has 2 aliphatic rings. The largest absolute Gasteiger partial charge is 0.395 e. The Hall–Kier alpha value is -2.41. The van der Waals surface area contributed by atoms with Crippen LogP contribution >= 0.6 is 0 Å². The maximum absolute atomic E-state index is 14.0. The standard InChI is InChI=1S/C25H37N3O4/c1-4-18(5-2)23(31)28-21(19-11-7-6-8-12-19)20(22(30)26-3)17-25(28)13-9-10-14-27(15-16-29)24(25)32/h6-8,11-12,18,20-21,29H,4-5,9-10,13-17H2,1-3H3,(H,26,30)/t20-,21-,25-/m0/s1. The summed E-state index contributed by atoms with van der Waals surface area (Å²) in [6.45, 7) is 4.68. The Morgan fingerprint density at radius 3 is 2.47 bits per heavy atom. The molecule has 0 unspecified atom stereocenters. The molecular formula is C25H37N3O4. The molecule has 3 rings (SSSR count). The minimum Gasteiger partial charge on any atom is -0.395 e. The zero-order valence-electron chi connectivity index (χ0n) is 19.5. The number of likely N-dealkylation sites (tertiary alicyclic amines) is 2. The van der Waals surface area contributed by atoms with Gasteiger partial charge in [0.15, 0.2) is 0 Å². The van der Waals surface area contributed by atoms with E-state index in [4.69, 9.17) is 0 Å². The van der Waals surface area contributed by atoms with Crippen LogP contribution in [0.2, 0.25) is 0 Å². The van der Waals surface area contributed by atoms with Crippen LogP contribution < -0.4 is 5.32 Å². The monoisotopic (exact) mass is 443 g/mol. The summed E-state index contributed by atoms with van der Waals surface area (Å²) < 4.78 is 0. The molecule has 2 fully saturated rings. The molecule has 3 amide bonds. The molecule has 7 heteroatoms. The van der Waals surface area contributed by atoms with Gasteiger partial charge in [-0.25, -0.2) is 0 Å². The van der Waals surface area contributed by atoms with E-state index in [9.17, 15) is 19.5 Å². The number of hydrogen-bond donors (Lipinski definition) is 2. The SMILES string of the molecule is CCC(CC)C(=O)N1[C@@H](c2ccccc2)[C@@H](C(=O)NC)C[C@]12CCCCN(CCO)C2=O. The molecule has 2 N–H and O–H groups in total. The summed E-state index contributed by atoms with van der Waals surface area (Å²) in [5.41, 5.74) is -0.189. The second-order valence-electron chi connectivity index (χ2n) is 9.01. The van der Waals surface area contributed by atoms with Gasteiger partial charge in [-0.3, -0.25) is 14.4 Å². The Bertz CT molecular complexity index is 811. The fourth-order valence-electron chi connectivity index (χ4n) is 5.63. The predicted molar refractivity (Wildman–Crippen MR) is 123 cm³/mol. The molecule has 3 atom stereocenters. The van der Waals surface area contributed by atoms with Crippen LogP contribution in [-0.4, -0.2) is 64.9 Å². The van der Waals surface area contributed by atoms with Crippen LogP contribution in [0.25, 0.3) is 0 Å². The van der Waals surface area contributed by atoms with E-state index in [1.165, 1.54) is 0 Å². The van der Waals surface area contributed by atoms with Crippen molar-refractivity contribution in [2.75, 3.05) is 26.7 Å². The third-order valence-electron chi connectivity index (χ3n) is 7.30. The minimum atomic E-state index is -1.07. The number of aliphatic hydroxyl groups is 1. The second-order valence-corrected chi connectivity index (χ2v) is 9.01. The van der Waals surface area contributed by atoms with Crippen molar-refractivity contribution in [1.82, 2.24) is 15.1 Å². The number of β-amino-alcohol motifs (C(OH)–C–C–N with tert-alkyl or cyclic N) is 1. The lowest BCUT2D eigenvalue weighted by Crippen LogP contribution is -2.59. The zero-order chi connectivity index (χ0) is 23.3. The van der Waals surface area contributed by atoms with E-state index in [1.807, 2.05) is 44.2 Å². The quantitative estimate of drug-likeness (QED) is 0.678. The number of aliphatic hydroxyl groups excluding tert-OH is 1. The van der Waals surface area contributed by atoms with Gasteiger partial charge in [-0.2, -0.15) is 0 Å². The number of carbonyl (C=O) groups excluding carboxylic acids is 3. The van der Waals surface area contributed by atoms with Crippen LogP contribution in [0.1, 0.15) is 64.0 Å². The van der Waals surface area contributed by atoms with Crippen LogP contribution in [0.5, 0.6) is 0 Å². The number of carbonyl (C=O) groups is 3. The molecule has 2 aliphatic heterocycles. The van der Waals surface area contributed by atoms with Crippen molar-refractivity contribution < 1.29 is 19.5 Å². The van der Waals surface area contributed by atoms with Crippen molar-refractivity contribution in [1.29, 1.82) is 0 Å². The Kier molecular flexibility index (Phi) is 7.93. The van der Waals surface area contributed by atoms with Gasteiger partial charge in [-0.1, -0.05) is 44.2 Å². The van der Waals surface area contributed by atoms with E-state index in [1.54, 1.807) is 16.8 Å². The summed E-state index contributed by atoms with van der Waals surface area (Å²) in [7, 11) is 1.61. The van der Waals surface area contributed by atoms with Crippen LogP contribution in [-0.2, 0) is 14.4 Å². The molecule has 0 bridgehead atoms. The number of nitrogens with one attached hydrogen (secondary N) is 1. The maximum atomic E-state index is 14.0. The second kappa shape index (κ2) is 10.5. The van der Waals surface area contributed by atoms with Gasteiger partial charge in [-0.05, 0) is 44.1 Å². The first-order valence-electron chi connectivity index (χ1n) is 11.9. The first kappa shape index (κ1) is 24.2. The molecule has 2 heterocycles. The van der Waals surface area contributed by atoms with E-state index in [0.717, 1.165) is 18.4 Å². The van der Waals surface area contributed by atoms with E-state index < -0.39 is 17.5 Å². The van der Waals surface area contributed by atoms with Crippen LogP contribution in [0.3, 0.4) is 0 Å².